The van der Waals surface area contributed by atoms with Crippen LogP contribution >= 0.6 is 0 Å². The van der Waals surface area contributed by atoms with Gasteiger partial charge in [-0.15, -0.1) is 0 Å². The summed E-state index contributed by atoms with van der Waals surface area (Å²) in [6, 6.07) is 8.77. The van der Waals surface area contributed by atoms with E-state index < -0.39 is 0 Å². The van der Waals surface area contributed by atoms with Crippen LogP contribution in [0.1, 0.15) is 52.4 Å². The molecule has 0 unspecified atom stereocenters. The number of nitrogens with one attached hydrogen (secondary N) is 1. The van der Waals surface area contributed by atoms with Gasteiger partial charge in [0.05, 0.1) is 22.8 Å². The lowest BCUT2D eigenvalue weighted by Gasteiger charge is -2.34. The third-order valence-corrected chi connectivity index (χ3v) is 6.18. The van der Waals surface area contributed by atoms with Gasteiger partial charge >= 0.3 is 0 Å². The van der Waals surface area contributed by atoms with E-state index >= 15 is 0 Å². The summed E-state index contributed by atoms with van der Waals surface area (Å²) in [5, 5.41) is 4.95. The molecule has 0 radical (unpaired) electrons. The molecule has 31 heavy (non-hydrogen) atoms. The number of aromatic nitrogens is 6. The van der Waals surface area contributed by atoms with Gasteiger partial charge in [0.2, 0.25) is 5.95 Å². The molecule has 0 aliphatic carbocycles. The molecule has 8 heteroatoms. The second-order valence-corrected chi connectivity index (χ2v) is 9.31. The van der Waals surface area contributed by atoms with Gasteiger partial charge < -0.3 is 9.47 Å². The molecule has 0 bridgehead atoms. The highest BCUT2D eigenvalue weighted by Gasteiger charge is 2.26. The van der Waals surface area contributed by atoms with Crippen LogP contribution in [0.3, 0.4) is 0 Å². The summed E-state index contributed by atoms with van der Waals surface area (Å²) in [4.78, 5) is 27.5. The van der Waals surface area contributed by atoms with Crippen LogP contribution in [-0.2, 0) is 12.0 Å². The molecule has 1 aliphatic rings. The van der Waals surface area contributed by atoms with Gasteiger partial charge in [-0.05, 0) is 45.7 Å². The molecule has 3 aromatic heterocycles. The van der Waals surface area contributed by atoms with Gasteiger partial charge in [-0.1, -0.05) is 19.1 Å². The van der Waals surface area contributed by atoms with Crippen LogP contribution in [-0.4, -0.2) is 42.4 Å². The van der Waals surface area contributed by atoms with Crippen molar-refractivity contribution in [3.63, 3.8) is 0 Å². The topological polar surface area (TPSA) is 84.6 Å². The Labute approximate surface area is 180 Å². The second kappa shape index (κ2) is 7.21. The highest BCUT2D eigenvalue weighted by Crippen LogP contribution is 2.30. The van der Waals surface area contributed by atoms with Gasteiger partial charge in [-0.25, -0.2) is 9.67 Å². The smallest absolute Gasteiger partial charge is 0.263 e. The molecule has 1 saturated heterocycles. The number of H-pyrrole nitrogens is 1. The van der Waals surface area contributed by atoms with Crippen molar-refractivity contribution in [2.75, 3.05) is 18.0 Å². The Balaban J connectivity index is 1.44. The predicted octanol–water partition coefficient (Wildman–Crippen LogP) is 3.63. The van der Waals surface area contributed by atoms with Crippen molar-refractivity contribution < 1.29 is 0 Å². The molecule has 1 aliphatic heterocycles. The summed E-state index contributed by atoms with van der Waals surface area (Å²) in [7, 11) is 0. The number of aromatic amines is 1. The molecule has 0 saturated carbocycles. The SMILES string of the molecule is CCc1nc2ccccc2n1C1CCN(c2nc3c(cnn3C(C)(C)C)c(=O)[nH]2)CC1. The summed E-state index contributed by atoms with van der Waals surface area (Å²) in [5.41, 5.74) is 2.54. The summed E-state index contributed by atoms with van der Waals surface area (Å²) in [6.45, 7) is 10.0. The quantitative estimate of drug-likeness (QED) is 0.548. The number of hydrogen-bond donors (Lipinski definition) is 1. The van der Waals surface area contributed by atoms with E-state index in [1.807, 2.05) is 10.7 Å². The number of para-hydroxylation sites is 2. The highest BCUT2D eigenvalue weighted by atomic mass is 16.1. The molecule has 8 nitrogen and oxygen atoms in total. The van der Waals surface area contributed by atoms with Crippen LogP contribution in [0.5, 0.6) is 0 Å². The Hall–Kier alpha value is -3.16. The maximum Gasteiger partial charge on any atom is 0.263 e. The molecule has 4 heterocycles. The van der Waals surface area contributed by atoms with Gasteiger partial charge in [0.1, 0.15) is 11.2 Å². The zero-order valence-electron chi connectivity index (χ0n) is 18.6. The number of piperidine rings is 1. The minimum Gasteiger partial charge on any atom is -0.342 e. The first-order chi connectivity index (χ1) is 14.9. The van der Waals surface area contributed by atoms with Crippen LogP contribution in [0.4, 0.5) is 5.95 Å². The summed E-state index contributed by atoms with van der Waals surface area (Å²) < 4.78 is 4.25. The number of hydrogen-bond acceptors (Lipinski definition) is 5. The molecule has 162 valence electrons. The Bertz CT molecular complexity index is 1300. The lowest BCUT2D eigenvalue weighted by Crippen LogP contribution is -2.37. The van der Waals surface area contributed by atoms with E-state index in [-0.39, 0.29) is 11.1 Å². The van der Waals surface area contributed by atoms with E-state index in [2.05, 4.69) is 65.4 Å². The first-order valence-electron chi connectivity index (χ1n) is 11.1. The van der Waals surface area contributed by atoms with E-state index in [1.165, 1.54) is 5.52 Å². The highest BCUT2D eigenvalue weighted by molar-refractivity contribution is 5.76. The fourth-order valence-electron chi connectivity index (χ4n) is 4.63. The van der Waals surface area contributed by atoms with E-state index in [1.54, 1.807) is 6.20 Å². The molecule has 1 fully saturated rings. The van der Waals surface area contributed by atoms with Crippen LogP contribution < -0.4 is 10.5 Å². The third-order valence-electron chi connectivity index (χ3n) is 6.18. The predicted molar refractivity (Wildman–Crippen MR) is 123 cm³/mol. The average Bonchev–Trinajstić information content (AvgIpc) is 3.35. The Morgan fingerprint density at radius 3 is 2.58 bits per heavy atom. The number of fused-ring (bicyclic) bond motifs is 2. The van der Waals surface area contributed by atoms with Crippen molar-refractivity contribution in [1.29, 1.82) is 0 Å². The normalized spacial score (nSPS) is 15.9. The molecule has 0 amide bonds. The number of nitrogens with zero attached hydrogens (tertiary/aromatic N) is 6. The van der Waals surface area contributed by atoms with Crippen LogP contribution in [0.15, 0.2) is 35.3 Å². The minimum atomic E-state index is -0.244. The Kier molecular flexibility index (Phi) is 4.60. The van der Waals surface area contributed by atoms with E-state index in [9.17, 15) is 4.79 Å². The maximum atomic E-state index is 12.7. The van der Waals surface area contributed by atoms with Crippen molar-refractivity contribution in [3.8, 4) is 0 Å². The fraction of sp³-hybridized carbons (Fsp3) is 0.478. The van der Waals surface area contributed by atoms with E-state index in [4.69, 9.17) is 9.97 Å². The maximum absolute atomic E-state index is 12.7. The minimum absolute atomic E-state index is 0.133. The number of benzene rings is 1. The van der Waals surface area contributed by atoms with Crippen molar-refractivity contribution in [2.45, 2.75) is 58.5 Å². The molecule has 1 aromatic carbocycles. The number of aryl methyl sites for hydroxylation is 1. The lowest BCUT2D eigenvalue weighted by molar-refractivity contribution is 0.365. The van der Waals surface area contributed by atoms with Gasteiger partial charge in [0, 0.05) is 25.6 Å². The zero-order valence-corrected chi connectivity index (χ0v) is 18.6. The largest absolute Gasteiger partial charge is 0.342 e. The first-order valence-corrected chi connectivity index (χ1v) is 11.1. The summed E-state index contributed by atoms with van der Waals surface area (Å²) in [6.07, 6.45) is 4.48. The third kappa shape index (κ3) is 3.30. The van der Waals surface area contributed by atoms with Crippen molar-refractivity contribution in [1.82, 2.24) is 29.3 Å². The lowest BCUT2D eigenvalue weighted by atomic mass is 10.0. The van der Waals surface area contributed by atoms with Crippen LogP contribution in [0.25, 0.3) is 22.1 Å². The molecule has 4 aromatic rings. The molecular formula is C23H29N7O. The van der Waals surface area contributed by atoms with Gasteiger partial charge in [-0.2, -0.15) is 10.1 Å². The Morgan fingerprint density at radius 2 is 1.87 bits per heavy atom. The van der Waals surface area contributed by atoms with Gasteiger partial charge in [0.15, 0.2) is 5.65 Å². The van der Waals surface area contributed by atoms with Crippen LogP contribution in [0.2, 0.25) is 0 Å². The monoisotopic (exact) mass is 419 g/mol. The number of anilines is 1. The van der Waals surface area contributed by atoms with Gasteiger partial charge in [0.25, 0.3) is 5.56 Å². The standard InChI is InChI=1S/C23H29N7O/c1-5-19-25-17-8-6-7-9-18(17)29(19)15-10-12-28(13-11-15)22-26-20-16(21(31)27-22)14-24-30(20)23(2,3)4/h6-9,14-15H,5,10-13H2,1-4H3,(H,26,27,31). The van der Waals surface area contributed by atoms with Gasteiger partial charge in [-0.3, -0.25) is 9.78 Å². The number of imidazole rings is 1. The summed E-state index contributed by atoms with van der Waals surface area (Å²) in [5.74, 6) is 1.77. The van der Waals surface area contributed by atoms with E-state index in [0.29, 0.717) is 23.0 Å². The van der Waals surface area contributed by atoms with Crippen LogP contribution in [0, 0.1) is 0 Å². The fourth-order valence-corrected chi connectivity index (χ4v) is 4.63. The molecule has 0 spiro atoms. The molecule has 0 atom stereocenters. The zero-order chi connectivity index (χ0) is 21.8. The molecular weight excluding hydrogens is 390 g/mol. The Morgan fingerprint density at radius 1 is 1.13 bits per heavy atom. The van der Waals surface area contributed by atoms with E-state index in [0.717, 1.165) is 43.7 Å². The first kappa shape index (κ1) is 19.8. The average molecular weight is 420 g/mol. The number of rotatable bonds is 3. The summed E-state index contributed by atoms with van der Waals surface area (Å²) >= 11 is 0. The molecule has 5 rings (SSSR count). The van der Waals surface area contributed by atoms with Crippen molar-refractivity contribution >= 4 is 28.0 Å². The van der Waals surface area contributed by atoms with Crippen molar-refractivity contribution in [3.05, 3.63) is 46.6 Å². The van der Waals surface area contributed by atoms with Crippen molar-refractivity contribution in [2.24, 2.45) is 0 Å². The molecule has 1 N–H and O–H groups in total. The second-order valence-electron chi connectivity index (χ2n) is 9.31.